The average Bonchev–Trinajstić information content (AvgIpc) is 2.86. The molecule has 1 unspecified atom stereocenters. The summed E-state index contributed by atoms with van der Waals surface area (Å²) in [5, 5.41) is 17.2. The summed E-state index contributed by atoms with van der Waals surface area (Å²) in [5.74, 6) is -1.23. The van der Waals surface area contributed by atoms with Gasteiger partial charge in [-0.15, -0.1) is 10.2 Å². The molecular weight excluding hydrogens is 327 g/mol. The number of hydrogen-bond acceptors (Lipinski definition) is 4. The first-order valence-electron chi connectivity index (χ1n) is 6.76. The molecule has 23 heavy (non-hydrogen) atoms. The smallest absolute Gasteiger partial charge is 0.328 e. The Morgan fingerprint density at radius 1 is 1.39 bits per heavy atom. The first-order chi connectivity index (χ1) is 10.9. The summed E-state index contributed by atoms with van der Waals surface area (Å²) >= 11 is 5.91. The lowest BCUT2D eigenvalue weighted by atomic mass is 10.1. The number of nitrogens with zero attached hydrogens (tertiary/aromatic N) is 4. The van der Waals surface area contributed by atoms with Crippen molar-refractivity contribution < 1.29 is 19.1 Å². The van der Waals surface area contributed by atoms with E-state index in [0.29, 0.717) is 11.6 Å². The van der Waals surface area contributed by atoms with Crippen LogP contribution in [0.4, 0.5) is 4.39 Å². The van der Waals surface area contributed by atoms with Gasteiger partial charge in [0.25, 0.3) is 5.91 Å². The van der Waals surface area contributed by atoms with Crippen LogP contribution in [0.1, 0.15) is 22.0 Å². The largest absolute Gasteiger partial charge is 0.480 e. The molecule has 0 radical (unpaired) electrons. The molecule has 1 atom stereocenters. The maximum absolute atomic E-state index is 13.1. The number of halogens is 2. The van der Waals surface area contributed by atoms with Gasteiger partial charge in [-0.2, -0.15) is 0 Å². The van der Waals surface area contributed by atoms with Crippen molar-refractivity contribution in [3.05, 3.63) is 46.3 Å². The van der Waals surface area contributed by atoms with Crippen LogP contribution in [-0.4, -0.2) is 42.7 Å². The van der Waals surface area contributed by atoms with E-state index < -0.39 is 23.7 Å². The van der Waals surface area contributed by atoms with Crippen LogP contribution in [0.25, 0.3) is 0 Å². The molecule has 1 aromatic heterocycles. The third kappa shape index (κ3) is 2.65. The summed E-state index contributed by atoms with van der Waals surface area (Å²) in [5.41, 5.74) is 0.0454. The van der Waals surface area contributed by atoms with Crippen molar-refractivity contribution in [1.82, 2.24) is 19.7 Å². The zero-order valence-electron chi connectivity index (χ0n) is 12.0. The van der Waals surface area contributed by atoms with Gasteiger partial charge in [0.05, 0.1) is 23.7 Å². The van der Waals surface area contributed by atoms with Gasteiger partial charge in [-0.05, 0) is 25.1 Å². The van der Waals surface area contributed by atoms with E-state index in [0.717, 1.165) is 17.0 Å². The lowest BCUT2D eigenvalue weighted by Crippen LogP contribution is -2.50. The predicted octanol–water partition coefficient (Wildman–Crippen LogP) is 1.49. The number of aromatic nitrogens is 3. The highest BCUT2D eigenvalue weighted by atomic mass is 35.5. The van der Waals surface area contributed by atoms with Crippen LogP contribution in [0.3, 0.4) is 0 Å². The highest BCUT2D eigenvalue weighted by Gasteiger charge is 2.37. The number of hydrogen-bond donors (Lipinski definition) is 1. The monoisotopic (exact) mass is 338 g/mol. The van der Waals surface area contributed by atoms with Crippen LogP contribution in [0.5, 0.6) is 0 Å². The molecule has 0 spiro atoms. The number of carbonyl (C=O) groups is 2. The fraction of sp³-hybridized carbons (Fsp3) is 0.286. The third-order valence-corrected chi connectivity index (χ3v) is 4.08. The second-order valence-electron chi connectivity index (χ2n) is 5.19. The number of carboxylic acid groups (broad SMARTS) is 1. The SMILES string of the molecule is Cc1nnc2n1CC(C(=O)O)N(C(=O)c1ccc(F)cc1Cl)C2. The molecule has 120 valence electrons. The molecule has 1 aromatic carbocycles. The van der Waals surface area contributed by atoms with E-state index in [9.17, 15) is 19.1 Å². The number of amides is 1. The normalized spacial score (nSPS) is 17.0. The molecular formula is C14H12ClFN4O3. The molecule has 0 fully saturated rings. The summed E-state index contributed by atoms with van der Waals surface area (Å²) in [7, 11) is 0. The fourth-order valence-electron chi connectivity index (χ4n) is 2.56. The minimum absolute atomic E-state index is 0.00958. The first-order valence-corrected chi connectivity index (χ1v) is 7.13. The van der Waals surface area contributed by atoms with Crippen molar-refractivity contribution in [2.45, 2.75) is 26.1 Å². The standard InChI is InChI=1S/C14H12ClFN4O3/c1-7-17-18-12-6-20(11(14(22)23)5-19(7)12)13(21)9-3-2-8(16)4-10(9)15/h2-4,11H,5-6H2,1H3,(H,22,23). The average molecular weight is 339 g/mol. The second kappa shape index (κ2) is 5.62. The Labute approximate surface area is 135 Å². The molecule has 3 rings (SSSR count). The molecule has 2 aromatic rings. The predicted molar refractivity (Wildman–Crippen MR) is 77.5 cm³/mol. The van der Waals surface area contributed by atoms with Crippen LogP contribution >= 0.6 is 11.6 Å². The number of rotatable bonds is 2. The van der Waals surface area contributed by atoms with E-state index >= 15 is 0 Å². The highest BCUT2D eigenvalue weighted by Crippen LogP contribution is 2.24. The Morgan fingerprint density at radius 2 is 2.13 bits per heavy atom. The molecule has 9 heteroatoms. The zero-order chi connectivity index (χ0) is 16.7. The van der Waals surface area contributed by atoms with E-state index in [-0.39, 0.29) is 23.7 Å². The Hall–Kier alpha value is -2.48. The first kappa shape index (κ1) is 15.4. The topological polar surface area (TPSA) is 88.3 Å². The molecule has 0 aliphatic carbocycles. The summed E-state index contributed by atoms with van der Waals surface area (Å²) < 4.78 is 14.8. The van der Waals surface area contributed by atoms with Crippen molar-refractivity contribution in [2.75, 3.05) is 0 Å². The maximum Gasteiger partial charge on any atom is 0.328 e. The Balaban J connectivity index is 1.99. The summed E-state index contributed by atoms with van der Waals surface area (Å²) in [6.07, 6.45) is 0. The van der Waals surface area contributed by atoms with E-state index in [1.807, 2.05) is 0 Å². The second-order valence-corrected chi connectivity index (χ2v) is 5.59. The minimum Gasteiger partial charge on any atom is -0.480 e. The summed E-state index contributed by atoms with van der Waals surface area (Å²) in [4.78, 5) is 25.4. The van der Waals surface area contributed by atoms with Crippen molar-refractivity contribution in [1.29, 1.82) is 0 Å². The van der Waals surface area contributed by atoms with Crippen molar-refractivity contribution in [3.8, 4) is 0 Å². The summed E-state index contributed by atoms with van der Waals surface area (Å²) in [6, 6.07) is 2.28. The third-order valence-electron chi connectivity index (χ3n) is 3.76. The van der Waals surface area contributed by atoms with Gasteiger partial charge < -0.3 is 14.6 Å². The Kier molecular flexibility index (Phi) is 3.77. The van der Waals surface area contributed by atoms with Gasteiger partial charge in [0.2, 0.25) is 0 Å². The Morgan fingerprint density at radius 3 is 2.78 bits per heavy atom. The molecule has 1 aliphatic rings. The molecule has 0 bridgehead atoms. The van der Waals surface area contributed by atoms with Crippen LogP contribution in [-0.2, 0) is 17.9 Å². The molecule has 0 saturated heterocycles. The highest BCUT2D eigenvalue weighted by molar-refractivity contribution is 6.33. The van der Waals surface area contributed by atoms with Crippen molar-refractivity contribution >= 4 is 23.5 Å². The van der Waals surface area contributed by atoms with E-state index in [1.54, 1.807) is 11.5 Å². The van der Waals surface area contributed by atoms with Crippen LogP contribution in [0.15, 0.2) is 18.2 Å². The van der Waals surface area contributed by atoms with Crippen LogP contribution in [0.2, 0.25) is 5.02 Å². The lowest BCUT2D eigenvalue weighted by molar-refractivity contribution is -0.143. The van der Waals surface area contributed by atoms with E-state index in [1.165, 1.54) is 6.07 Å². The maximum atomic E-state index is 13.1. The molecule has 1 N–H and O–H groups in total. The van der Waals surface area contributed by atoms with Crippen molar-refractivity contribution in [2.24, 2.45) is 0 Å². The van der Waals surface area contributed by atoms with E-state index in [2.05, 4.69) is 10.2 Å². The number of aliphatic carboxylic acids is 1. The van der Waals surface area contributed by atoms with Gasteiger partial charge in [-0.25, -0.2) is 9.18 Å². The van der Waals surface area contributed by atoms with Crippen LogP contribution in [0, 0.1) is 12.7 Å². The summed E-state index contributed by atoms with van der Waals surface area (Å²) in [6.45, 7) is 1.75. The number of carboxylic acids is 1. The Bertz CT molecular complexity index is 807. The van der Waals surface area contributed by atoms with Gasteiger partial charge in [-0.3, -0.25) is 4.79 Å². The molecule has 7 nitrogen and oxygen atoms in total. The molecule has 1 amide bonds. The van der Waals surface area contributed by atoms with Gasteiger partial charge in [0, 0.05) is 0 Å². The fourth-order valence-corrected chi connectivity index (χ4v) is 2.80. The zero-order valence-corrected chi connectivity index (χ0v) is 12.8. The van der Waals surface area contributed by atoms with E-state index in [4.69, 9.17) is 11.6 Å². The van der Waals surface area contributed by atoms with Gasteiger partial charge in [-0.1, -0.05) is 11.6 Å². The minimum atomic E-state index is -1.14. The number of aryl methyl sites for hydroxylation is 1. The lowest BCUT2D eigenvalue weighted by Gasteiger charge is -2.33. The number of carbonyl (C=O) groups excluding carboxylic acids is 1. The molecule has 2 heterocycles. The van der Waals surface area contributed by atoms with Gasteiger partial charge in [0.1, 0.15) is 17.7 Å². The number of fused-ring (bicyclic) bond motifs is 1. The van der Waals surface area contributed by atoms with Gasteiger partial charge in [0.15, 0.2) is 5.82 Å². The van der Waals surface area contributed by atoms with Crippen molar-refractivity contribution in [3.63, 3.8) is 0 Å². The van der Waals surface area contributed by atoms with Crippen LogP contribution < -0.4 is 0 Å². The molecule has 1 aliphatic heterocycles. The quantitative estimate of drug-likeness (QED) is 0.896. The number of benzene rings is 1. The van der Waals surface area contributed by atoms with Gasteiger partial charge >= 0.3 is 5.97 Å². The molecule has 0 saturated carbocycles.